The number of unbranched alkanes of at least 4 members (excludes halogenated alkanes) is 8. The van der Waals surface area contributed by atoms with Gasteiger partial charge in [-0.15, -0.1) is 12.4 Å². The molecule has 0 aromatic carbocycles. The molecule has 1 nitrogen and oxygen atoms in total. The van der Waals surface area contributed by atoms with E-state index in [1.807, 2.05) is 0 Å². The summed E-state index contributed by atoms with van der Waals surface area (Å²) in [5.41, 5.74) is 0. The van der Waals surface area contributed by atoms with Crippen LogP contribution in [0.5, 0.6) is 0 Å². The maximum atomic E-state index is 2.38. The first kappa shape index (κ1) is 21.3. The van der Waals surface area contributed by atoms with Crippen molar-refractivity contribution in [3.05, 3.63) is 12.2 Å². The molecule has 100 valence electrons. The number of hydrogen-bond donors (Lipinski definition) is 1. The smallest absolute Gasteiger partial charge is 0.0351 e. The molecule has 0 radical (unpaired) electrons. The van der Waals surface area contributed by atoms with Gasteiger partial charge in [-0.2, -0.15) is 0 Å². The van der Waals surface area contributed by atoms with Gasteiger partial charge in [0.2, 0.25) is 0 Å². The predicted octanol–water partition coefficient (Wildman–Crippen LogP) is 6.07. The minimum atomic E-state index is 0. The van der Waals surface area contributed by atoms with Gasteiger partial charge in [-0.3, -0.25) is 0 Å². The number of allylic oxidation sites excluding steroid dienone is 2. The van der Waals surface area contributed by atoms with Crippen molar-refractivity contribution >= 4 is 12.4 Å². The summed E-state index contributed by atoms with van der Waals surface area (Å²) in [4.78, 5) is 0. The molecule has 0 saturated heterocycles. The van der Waals surface area contributed by atoms with Gasteiger partial charge < -0.3 is 6.15 Å². The Kier molecular flexibility index (Phi) is 27.2. The molecule has 0 aromatic heterocycles. The zero-order valence-corrected chi connectivity index (χ0v) is 12.2. The van der Waals surface area contributed by atoms with Crippen LogP contribution < -0.4 is 6.15 Å². The van der Waals surface area contributed by atoms with Gasteiger partial charge in [0.25, 0.3) is 0 Å². The maximum absolute atomic E-state index is 2.38. The molecule has 0 aliphatic carbocycles. The number of rotatable bonds is 10. The minimum Gasteiger partial charge on any atom is -0.344 e. The van der Waals surface area contributed by atoms with Gasteiger partial charge in [-0.05, 0) is 25.7 Å². The molecule has 0 atom stereocenters. The summed E-state index contributed by atoms with van der Waals surface area (Å²) in [7, 11) is 0. The molecular weight excluding hydrogens is 218 g/mol. The van der Waals surface area contributed by atoms with Gasteiger partial charge in [-0.25, -0.2) is 0 Å². The summed E-state index contributed by atoms with van der Waals surface area (Å²) in [5, 5.41) is 0. The molecule has 0 aliphatic heterocycles. The van der Waals surface area contributed by atoms with Crippen molar-refractivity contribution in [1.29, 1.82) is 0 Å². The van der Waals surface area contributed by atoms with Crippen LogP contribution in [0.4, 0.5) is 0 Å². The van der Waals surface area contributed by atoms with Crippen molar-refractivity contribution in [2.24, 2.45) is 0 Å². The molecule has 0 amide bonds. The van der Waals surface area contributed by atoms with E-state index in [0.29, 0.717) is 0 Å². The fourth-order valence-electron chi connectivity index (χ4n) is 1.61. The summed E-state index contributed by atoms with van der Waals surface area (Å²) in [6.07, 6.45) is 18.5. The first-order valence-electron chi connectivity index (χ1n) is 6.56. The second kappa shape index (κ2) is 20.4. The second-order valence-electron chi connectivity index (χ2n) is 4.17. The fraction of sp³-hybridized carbons (Fsp3) is 0.857. The molecule has 0 fully saturated rings. The number of hydrogen-bond acceptors (Lipinski definition) is 1. The Hall–Kier alpha value is -0.0100. The lowest BCUT2D eigenvalue weighted by Crippen LogP contribution is -1.75. The molecule has 0 aromatic rings. The van der Waals surface area contributed by atoms with E-state index in [1.165, 1.54) is 64.2 Å². The number of halogens is 1. The lowest BCUT2D eigenvalue weighted by molar-refractivity contribution is 0.665. The lowest BCUT2D eigenvalue weighted by atomic mass is 10.1. The molecule has 0 bridgehead atoms. The average Bonchev–Trinajstić information content (AvgIpc) is 2.21. The van der Waals surface area contributed by atoms with Crippen LogP contribution in [0.3, 0.4) is 0 Å². The highest BCUT2D eigenvalue weighted by atomic mass is 35.5. The monoisotopic (exact) mass is 249 g/mol. The average molecular weight is 250 g/mol. The maximum Gasteiger partial charge on any atom is -0.0351 e. The molecule has 16 heavy (non-hydrogen) atoms. The Balaban J connectivity index is -0.000000845. The minimum absolute atomic E-state index is 0. The summed E-state index contributed by atoms with van der Waals surface area (Å²) < 4.78 is 0. The highest BCUT2D eigenvalue weighted by Crippen LogP contribution is 2.05. The molecule has 0 aliphatic rings. The van der Waals surface area contributed by atoms with Crippen LogP contribution in [0.25, 0.3) is 0 Å². The standard InChI is InChI=1S/C14H28.ClH.H3N/c1-3-5-7-9-11-13-14-12-10-8-6-4-2;;/h13-14H,3-12H2,1-2H3;1H;1H3. The third kappa shape index (κ3) is 19.5. The Morgan fingerprint density at radius 1 is 0.625 bits per heavy atom. The van der Waals surface area contributed by atoms with E-state index in [4.69, 9.17) is 0 Å². The van der Waals surface area contributed by atoms with Crippen molar-refractivity contribution in [3.63, 3.8) is 0 Å². The van der Waals surface area contributed by atoms with Gasteiger partial charge in [0, 0.05) is 0 Å². The van der Waals surface area contributed by atoms with E-state index in [0.717, 1.165) is 0 Å². The Morgan fingerprint density at radius 2 is 1.00 bits per heavy atom. The van der Waals surface area contributed by atoms with Crippen molar-refractivity contribution in [2.45, 2.75) is 78.1 Å². The molecule has 0 saturated carbocycles. The van der Waals surface area contributed by atoms with E-state index < -0.39 is 0 Å². The van der Waals surface area contributed by atoms with Gasteiger partial charge >= 0.3 is 0 Å². The van der Waals surface area contributed by atoms with Crippen LogP contribution in [0.1, 0.15) is 78.1 Å². The third-order valence-electron chi connectivity index (χ3n) is 2.62. The fourth-order valence-corrected chi connectivity index (χ4v) is 1.61. The van der Waals surface area contributed by atoms with Crippen LogP contribution in [-0.2, 0) is 0 Å². The van der Waals surface area contributed by atoms with Crippen molar-refractivity contribution in [1.82, 2.24) is 6.15 Å². The predicted molar refractivity (Wildman–Crippen MR) is 78.9 cm³/mol. The molecule has 0 spiro atoms. The molecule has 0 heterocycles. The van der Waals surface area contributed by atoms with Crippen molar-refractivity contribution in [2.75, 3.05) is 0 Å². The molecule has 0 rings (SSSR count). The molecule has 3 N–H and O–H groups in total. The SMILES string of the molecule is CCCCCCC=CCCCCCC.Cl.N. The van der Waals surface area contributed by atoms with E-state index >= 15 is 0 Å². The van der Waals surface area contributed by atoms with Gasteiger partial charge in [-0.1, -0.05) is 64.5 Å². The Morgan fingerprint density at radius 3 is 1.31 bits per heavy atom. The second-order valence-corrected chi connectivity index (χ2v) is 4.17. The molecule has 0 unspecified atom stereocenters. The van der Waals surface area contributed by atoms with Crippen molar-refractivity contribution < 1.29 is 0 Å². The summed E-state index contributed by atoms with van der Waals surface area (Å²) in [5.74, 6) is 0. The largest absolute Gasteiger partial charge is 0.344 e. The van der Waals surface area contributed by atoms with E-state index in [-0.39, 0.29) is 18.6 Å². The van der Waals surface area contributed by atoms with E-state index in [2.05, 4.69) is 26.0 Å². The van der Waals surface area contributed by atoms with Gasteiger partial charge in [0.05, 0.1) is 0 Å². The Bertz CT molecular complexity index is 110. The van der Waals surface area contributed by atoms with Crippen molar-refractivity contribution in [3.8, 4) is 0 Å². The molecule has 2 heteroatoms. The quantitative estimate of drug-likeness (QED) is 0.370. The van der Waals surface area contributed by atoms with Crippen LogP contribution in [0.2, 0.25) is 0 Å². The highest BCUT2D eigenvalue weighted by molar-refractivity contribution is 5.85. The Labute approximate surface area is 109 Å². The molecular formula is C14H32ClN. The van der Waals surface area contributed by atoms with Gasteiger partial charge in [0.1, 0.15) is 0 Å². The zero-order chi connectivity index (χ0) is 10.5. The zero-order valence-electron chi connectivity index (χ0n) is 11.3. The highest BCUT2D eigenvalue weighted by Gasteiger charge is 1.86. The van der Waals surface area contributed by atoms with Crippen LogP contribution in [0, 0.1) is 0 Å². The summed E-state index contributed by atoms with van der Waals surface area (Å²) >= 11 is 0. The first-order valence-corrected chi connectivity index (χ1v) is 6.56. The van der Waals surface area contributed by atoms with Crippen LogP contribution in [-0.4, -0.2) is 0 Å². The summed E-state index contributed by atoms with van der Waals surface area (Å²) in [6.45, 7) is 4.53. The third-order valence-corrected chi connectivity index (χ3v) is 2.62. The van der Waals surface area contributed by atoms with Gasteiger partial charge in [0.15, 0.2) is 0 Å². The summed E-state index contributed by atoms with van der Waals surface area (Å²) in [6, 6.07) is 0. The topological polar surface area (TPSA) is 35.0 Å². The van der Waals surface area contributed by atoms with Crippen LogP contribution >= 0.6 is 12.4 Å². The van der Waals surface area contributed by atoms with E-state index in [9.17, 15) is 0 Å². The van der Waals surface area contributed by atoms with E-state index in [1.54, 1.807) is 0 Å². The van der Waals surface area contributed by atoms with Crippen LogP contribution in [0.15, 0.2) is 12.2 Å². The first-order chi connectivity index (χ1) is 6.91. The lowest BCUT2D eigenvalue weighted by Gasteiger charge is -1.95. The normalized spacial score (nSPS) is 9.88.